The largest absolute Gasteiger partial charge is 0.502 e. The highest BCUT2D eigenvalue weighted by Crippen LogP contribution is 2.18. The predicted octanol–water partition coefficient (Wildman–Crippen LogP) is 2.50. The maximum Gasteiger partial charge on any atom is 0.502 e. The standard InChI is InChI=1S/C12H24O5Si/c1-5-7-8-9-10-18(14-3,15-4)17-11-16-12(13)6-2/h6H,2,5,7-11H2,1,3-4H3. The van der Waals surface area contributed by atoms with Crippen LogP contribution in [-0.2, 0) is 22.8 Å². The fourth-order valence-electron chi connectivity index (χ4n) is 1.48. The Morgan fingerprint density at radius 2 is 1.89 bits per heavy atom. The minimum absolute atomic E-state index is 0.160. The first-order valence-electron chi connectivity index (χ1n) is 6.17. The van der Waals surface area contributed by atoms with E-state index in [1.54, 1.807) is 14.2 Å². The quantitative estimate of drug-likeness (QED) is 0.191. The summed E-state index contributed by atoms with van der Waals surface area (Å²) in [6.45, 7) is 5.30. The van der Waals surface area contributed by atoms with E-state index in [9.17, 15) is 4.79 Å². The van der Waals surface area contributed by atoms with Crippen LogP contribution >= 0.6 is 0 Å². The molecule has 0 aliphatic carbocycles. The van der Waals surface area contributed by atoms with Crippen LogP contribution in [0.25, 0.3) is 0 Å². The van der Waals surface area contributed by atoms with Gasteiger partial charge < -0.3 is 18.0 Å². The Kier molecular flexibility index (Phi) is 9.86. The van der Waals surface area contributed by atoms with Crippen molar-refractivity contribution in [2.45, 2.75) is 38.7 Å². The molecule has 0 radical (unpaired) electrons. The van der Waals surface area contributed by atoms with Gasteiger partial charge in [0.1, 0.15) is 0 Å². The van der Waals surface area contributed by atoms with Gasteiger partial charge in [0.15, 0.2) is 6.79 Å². The first kappa shape index (κ1) is 17.3. The second-order valence-corrected chi connectivity index (χ2v) is 6.80. The van der Waals surface area contributed by atoms with Gasteiger partial charge in [-0.2, -0.15) is 0 Å². The Morgan fingerprint density at radius 3 is 2.39 bits per heavy atom. The summed E-state index contributed by atoms with van der Waals surface area (Å²) in [5, 5.41) is 0. The summed E-state index contributed by atoms with van der Waals surface area (Å²) in [6, 6.07) is 0.728. The molecule has 0 fully saturated rings. The van der Waals surface area contributed by atoms with E-state index in [1.165, 1.54) is 12.8 Å². The van der Waals surface area contributed by atoms with E-state index in [2.05, 4.69) is 13.5 Å². The summed E-state index contributed by atoms with van der Waals surface area (Å²) in [7, 11) is 0.436. The lowest BCUT2D eigenvalue weighted by atomic mass is 10.2. The van der Waals surface area contributed by atoms with Crippen molar-refractivity contribution >= 4 is 14.8 Å². The Labute approximate surface area is 110 Å². The van der Waals surface area contributed by atoms with Crippen molar-refractivity contribution in [2.75, 3.05) is 21.0 Å². The zero-order valence-electron chi connectivity index (χ0n) is 11.6. The highest BCUT2D eigenvalue weighted by molar-refractivity contribution is 6.60. The van der Waals surface area contributed by atoms with Crippen molar-refractivity contribution in [1.29, 1.82) is 0 Å². The molecule has 0 amide bonds. The van der Waals surface area contributed by atoms with Gasteiger partial charge in [-0.3, -0.25) is 0 Å². The highest BCUT2D eigenvalue weighted by atomic mass is 28.4. The van der Waals surface area contributed by atoms with Gasteiger partial charge in [0.2, 0.25) is 0 Å². The summed E-state index contributed by atoms with van der Waals surface area (Å²) < 4.78 is 21.0. The Bertz CT molecular complexity index is 241. The molecule has 0 N–H and O–H groups in total. The fourth-order valence-corrected chi connectivity index (χ4v) is 3.36. The number of carbonyl (C=O) groups is 1. The van der Waals surface area contributed by atoms with Crippen LogP contribution in [0.4, 0.5) is 0 Å². The summed E-state index contributed by atoms with van der Waals surface area (Å²) in [6.07, 6.45) is 5.55. The molecule has 0 aliphatic rings. The molecule has 0 unspecified atom stereocenters. The van der Waals surface area contributed by atoms with Gasteiger partial charge in [0.05, 0.1) is 0 Å². The normalized spacial score (nSPS) is 11.3. The SMILES string of the molecule is C=CC(=O)OCO[Si](CCCCCC)(OC)OC. The third-order valence-corrected chi connectivity index (χ3v) is 5.37. The third-order valence-electron chi connectivity index (χ3n) is 2.61. The molecule has 0 rings (SSSR count). The zero-order chi connectivity index (χ0) is 13.9. The number of carbonyl (C=O) groups excluding carboxylic acids is 1. The van der Waals surface area contributed by atoms with Crippen LogP contribution < -0.4 is 0 Å². The van der Waals surface area contributed by atoms with Gasteiger partial charge in [0.25, 0.3) is 0 Å². The van der Waals surface area contributed by atoms with Crippen molar-refractivity contribution in [3.8, 4) is 0 Å². The number of hydrogen-bond acceptors (Lipinski definition) is 5. The molecule has 6 heteroatoms. The molecule has 106 valence electrons. The molecule has 0 saturated carbocycles. The van der Waals surface area contributed by atoms with E-state index in [0.29, 0.717) is 0 Å². The van der Waals surface area contributed by atoms with Crippen LogP contribution in [0.3, 0.4) is 0 Å². The number of ether oxygens (including phenoxy) is 1. The van der Waals surface area contributed by atoms with Gasteiger partial charge in [0, 0.05) is 26.3 Å². The van der Waals surface area contributed by atoms with E-state index in [0.717, 1.165) is 25.0 Å². The number of esters is 1. The number of rotatable bonds is 11. The van der Waals surface area contributed by atoms with Crippen LogP contribution in [0.2, 0.25) is 6.04 Å². The predicted molar refractivity (Wildman–Crippen MR) is 71.0 cm³/mol. The van der Waals surface area contributed by atoms with Crippen LogP contribution in [0.5, 0.6) is 0 Å². The van der Waals surface area contributed by atoms with Crippen LogP contribution in [0, 0.1) is 0 Å². The molecule has 0 heterocycles. The van der Waals surface area contributed by atoms with Crippen molar-refractivity contribution in [2.24, 2.45) is 0 Å². The third kappa shape index (κ3) is 6.90. The van der Waals surface area contributed by atoms with Gasteiger partial charge in [-0.25, -0.2) is 4.79 Å². The molecule has 0 aromatic heterocycles. The number of hydrogen-bond donors (Lipinski definition) is 0. The molecule has 0 spiro atoms. The van der Waals surface area contributed by atoms with Crippen LogP contribution in [0.15, 0.2) is 12.7 Å². The van der Waals surface area contributed by atoms with Crippen molar-refractivity contribution < 1.29 is 22.8 Å². The van der Waals surface area contributed by atoms with E-state index < -0.39 is 14.8 Å². The van der Waals surface area contributed by atoms with Crippen LogP contribution in [0.1, 0.15) is 32.6 Å². The summed E-state index contributed by atoms with van der Waals surface area (Å²) in [4.78, 5) is 10.9. The maximum absolute atomic E-state index is 10.9. The average Bonchev–Trinajstić information content (AvgIpc) is 2.41. The van der Waals surface area contributed by atoms with E-state index >= 15 is 0 Å². The van der Waals surface area contributed by atoms with Gasteiger partial charge in [-0.05, 0) is 6.42 Å². The number of unbranched alkanes of at least 4 members (excludes halogenated alkanes) is 3. The minimum atomic E-state index is -2.68. The topological polar surface area (TPSA) is 54.0 Å². The molecule has 18 heavy (non-hydrogen) atoms. The highest BCUT2D eigenvalue weighted by Gasteiger charge is 2.38. The van der Waals surface area contributed by atoms with Crippen LogP contribution in [-0.4, -0.2) is 35.8 Å². The Morgan fingerprint density at radius 1 is 1.22 bits per heavy atom. The minimum Gasteiger partial charge on any atom is -0.436 e. The second-order valence-electron chi connectivity index (χ2n) is 3.83. The first-order valence-corrected chi connectivity index (χ1v) is 8.10. The molecule has 5 nitrogen and oxygen atoms in total. The monoisotopic (exact) mass is 276 g/mol. The van der Waals surface area contributed by atoms with Crippen molar-refractivity contribution in [1.82, 2.24) is 0 Å². The molecule has 0 saturated heterocycles. The van der Waals surface area contributed by atoms with Crippen molar-refractivity contribution in [3.63, 3.8) is 0 Å². The summed E-state index contributed by atoms with van der Waals surface area (Å²) in [5.41, 5.74) is 0. The molecular weight excluding hydrogens is 252 g/mol. The van der Waals surface area contributed by atoms with Gasteiger partial charge >= 0.3 is 14.8 Å². The van der Waals surface area contributed by atoms with E-state index in [1.807, 2.05) is 0 Å². The summed E-state index contributed by atoms with van der Waals surface area (Å²) in [5.74, 6) is -0.518. The average molecular weight is 276 g/mol. The van der Waals surface area contributed by atoms with Gasteiger partial charge in [-0.1, -0.05) is 32.8 Å². The molecule has 0 bridgehead atoms. The molecule has 0 aliphatic heterocycles. The van der Waals surface area contributed by atoms with E-state index in [-0.39, 0.29) is 6.79 Å². The Hall–Kier alpha value is -0.693. The van der Waals surface area contributed by atoms with Gasteiger partial charge in [-0.15, -0.1) is 0 Å². The Balaban J connectivity index is 4.07. The fraction of sp³-hybridized carbons (Fsp3) is 0.750. The first-order chi connectivity index (χ1) is 8.64. The zero-order valence-corrected chi connectivity index (χ0v) is 12.6. The molecule has 0 aromatic carbocycles. The smallest absolute Gasteiger partial charge is 0.436 e. The molecular formula is C12H24O5Si. The molecule has 0 aromatic rings. The lowest BCUT2D eigenvalue weighted by molar-refractivity contribution is -0.146. The summed E-state index contributed by atoms with van der Waals surface area (Å²) >= 11 is 0. The maximum atomic E-state index is 10.9. The molecule has 0 atom stereocenters. The second kappa shape index (κ2) is 10.2. The lowest BCUT2D eigenvalue weighted by Gasteiger charge is -2.25. The van der Waals surface area contributed by atoms with Crippen molar-refractivity contribution in [3.05, 3.63) is 12.7 Å². The lowest BCUT2D eigenvalue weighted by Crippen LogP contribution is -2.44. The van der Waals surface area contributed by atoms with E-state index in [4.69, 9.17) is 18.0 Å².